The van der Waals surface area contributed by atoms with Crippen LogP contribution in [0.25, 0.3) is 0 Å². The molecular weight excluding hydrogens is 432 g/mol. The van der Waals surface area contributed by atoms with Crippen molar-refractivity contribution in [2.75, 3.05) is 6.61 Å². The normalized spacial score (nSPS) is 12.3. The van der Waals surface area contributed by atoms with Gasteiger partial charge in [0.2, 0.25) is 0 Å². The number of hydrogen-bond donors (Lipinski definition) is 0. The molecule has 0 saturated carbocycles. The summed E-state index contributed by atoms with van der Waals surface area (Å²) in [5.41, 5.74) is 3.41. The lowest BCUT2D eigenvalue weighted by molar-refractivity contribution is -0.128. The highest BCUT2D eigenvalue weighted by Gasteiger charge is 2.33. The van der Waals surface area contributed by atoms with Gasteiger partial charge < -0.3 is 4.74 Å². The minimum absolute atomic E-state index is 0.0143. The summed E-state index contributed by atoms with van der Waals surface area (Å²) in [6.45, 7) is 14.7. The molecule has 0 spiro atoms. The van der Waals surface area contributed by atoms with Gasteiger partial charge in [-0.15, -0.1) is 11.3 Å². The first-order valence-corrected chi connectivity index (χ1v) is 12.0. The number of Topliss-reactive ketones (excluding diaryl/α,β-unsaturated/α-hetero) is 1. The van der Waals surface area contributed by atoms with Crippen molar-refractivity contribution >= 4 is 33.0 Å². The molecular formula is C24H33BrO2S. The number of aryl methyl sites for hydroxylation is 2. The van der Waals surface area contributed by atoms with E-state index < -0.39 is 0 Å². The van der Waals surface area contributed by atoms with Gasteiger partial charge in [0.15, 0.2) is 5.78 Å². The molecule has 0 N–H and O–H groups in total. The van der Waals surface area contributed by atoms with Gasteiger partial charge in [-0.25, -0.2) is 0 Å². The average Bonchev–Trinajstić information content (AvgIpc) is 3.02. The van der Waals surface area contributed by atoms with Gasteiger partial charge >= 0.3 is 0 Å². The molecule has 4 heteroatoms. The van der Waals surface area contributed by atoms with Gasteiger partial charge in [-0.1, -0.05) is 62.7 Å². The molecule has 0 amide bonds. The van der Waals surface area contributed by atoms with E-state index in [2.05, 4.69) is 61.8 Å². The van der Waals surface area contributed by atoms with Gasteiger partial charge in [0, 0.05) is 25.9 Å². The van der Waals surface area contributed by atoms with Crippen LogP contribution in [0.2, 0.25) is 0 Å². The number of benzene rings is 1. The molecule has 1 heterocycles. The molecule has 0 bridgehead atoms. The van der Waals surface area contributed by atoms with E-state index in [1.54, 1.807) is 0 Å². The van der Waals surface area contributed by atoms with E-state index in [4.69, 9.17) is 4.74 Å². The zero-order valence-electron chi connectivity index (χ0n) is 18.2. The number of alkyl halides is 1. The first-order valence-electron chi connectivity index (χ1n) is 10.0. The van der Waals surface area contributed by atoms with Crippen LogP contribution in [-0.4, -0.2) is 12.4 Å². The molecule has 0 radical (unpaired) electrons. The summed E-state index contributed by atoms with van der Waals surface area (Å²) in [4.78, 5) is 15.0. The summed E-state index contributed by atoms with van der Waals surface area (Å²) in [6, 6.07) is 8.81. The SMILES string of the molecule is CCC(CC)(c1ccc(OCC(=O)C(C)(C)C)c(C)c1)c1cc(C)c(CBr)s1. The first kappa shape index (κ1) is 23.2. The summed E-state index contributed by atoms with van der Waals surface area (Å²) >= 11 is 5.53. The highest BCUT2D eigenvalue weighted by Crippen LogP contribution is 2.44. The predicted octanol–water partition coefficient (Wildman–Crippen LogP) is 7.36. The Labute approximate surface area is 182 Å². The molecule has 28 heavy (non-hydrogen) atoms. The standard InChI is InChI=1S/C24H33BrO2S/c1-8-24(9-2,22-13-17(4)20(14-25)28-22)18-10-11-19(16(3)12-18)27-15-21(26)23(5,6)7/h10-13H,8-9,14-15H2,1-7H3. The van der Waals surface area contributed by atoms with Crippen LogP contribution in [0.3, 0.4) is 0 Å². The van der Waals surface area contributed by atoms with Crippen LogP contribution in [0.15, 0.2) is 24.3 Å². The Morgan fingerprint density at radius 3 is 2.18 bits per heavy atom. The van der Waals surface area contributed by atoms with Crippen LogP contribution in [0.5, 0.6) is 5.75 Å². The van der Waals surface area contributed by atoms with Gasteiger partial charge in [-0.05, 0) is 55.5 Å². The van der Waals surface area contributed by atoms with Crippen molar-refractivity contribution in [3.8, 4) is 5.75 Å². The third-order valence-corrected chi connectivity index (χ3v) is 8.12. The smallest absolute Gasteiger partial charge is 0.175 e. The Morgan fingerprint density at radius 2 is 1.71 bits per heavy atom. The van der Waals surface area contributed by atoms with Crippen molar-refractivity contribution in [1.82, 2.24) is 0 Å². The van der Waals surface area contributed by atoms with E-state index in [0.717, 1.165) is 29.5 Å². The van der Waals surface area contributed by atoms with Crippen molar-refractivity contribution in [3.05, 3.63) is 50.7 Å². The summed E-state index contributed by atoms with van der Waals surface area (Å²) in [7, 11) is 0. The lowest BCUT2D eigenvalue weighted by Crippen LogP contribution is -2.27. The third-order valence-electron chi connectivity index (χ3n) is 5.74. The van der Waals surface area contributed by atoms with E-state index in [1.165, 1.54) is 20.9 Å². The van der Waals surface area contributed by atoms with Gasteiger partial charge in [0.25, 0.3) is 0 Å². The minimum atomic E-state index is -0.377. The van der Waals surface area contributed by atoms with Crippen LogP contribution < -0.4 is 4.74 Å². The quantitative estimate of drug-likeness (QED) is 0.381. The minimum Gasteiger partial charge on any atom is -0.486 e. The first-order chi connectivity index (χ1) is 13.1. The molecule has 0 aliphatic carbocycles. The molecule has 0 atom stereocenters. The van der Waals surface area contributed by atoms with Crippen LogP contribution in [0.1, 0.15) is 73.9 Å². The van der Waals surface area contributed by atoms with Crippen LogP contribution in [0.4, 0.5) is 0 Å². The maximum atomic E-state index is 12.2. The molecule has 0 aliphatic rings. The summed E-state index contributed by atoms with van der Waals surface area (Å²) in [5, 5.41) is 0.903. The molecule has 1 aromatic carbocycles. The van der Waals surface area contributed by atoms with E-state index >= 15 is 0 Å². The number of carbonyl (C=O) groups excluding carboxylic acids is 1. The van der Waals surface area contributed by atoms with Crippen molar-refractivity contribution in [3.63, 3.8) is 0 Å². The molecule has 2 rings (SSSR count). The maximum absolute atomic E-state index is 12.2. The lowest BCUT2D eigenvalue weighted by atomic mass is 9.74. The zero-order valence-corrected chi connectivity index (χ0v) is 20.6. The number of carbonyl (C=O) groups is 1. The van der Waals surface area contributed by atoms with Crippen molar-refractivity contribution < 1.29 is 9.53 Å². The van der Waals surface area contributed by atoms with Crippen molar-refractivity contribution in [2.45, 2.75) is 72.1 Å². The van der Waals surface area contributed by atoms with Gasteiger partial charge in [-0.3, -0.25) is 4.79 Å². The Hall–Kier alpha value is -1.13. The second-order valence-electron chi connectivity index (χ2n) is 8.58. The fraction of sp³-hybridized carbons (Fsp3) is 0.542. The van der Waals surface area contributed by atoms with Gasteiger partial charge in [0.05, 0.1) is 0 Å². The van der Waals surface area contributed by atoms with Crippen LogP contribution >= 0.6 is 27.3 Å². The number of ether oxygens (including phenoxy) is 1. The van der Waals surface area contributed by atoms with Gasteiger partial charge in [-0.2, -0.15) is 0 Å². The molecule has 1 aromatic heterocycles. The topological polar surface area (TPSA) is 26.3 Å². The molecule has 154 valence electrons. The second-order valence-corrected chi connectivity index (χ2v) is 10.3. The number of halogens is 1. The van der Waals surface area contributed by atoms with E-state index in [9.17, 15) is 4.79 Å². The fourth-order valence-electron chi connectivity index (χ4n) is 3.51. The molecule has 0 unspecified atom stereocenters. The number of hydrogen-bond acceptors (Lipinski definition) is 3. The molecule has 0 saturated heterocycles. The molecule has 0 fully saturated rings. The van der Waals surface area contributed by atoms with Crippen LogP contribution in [-0.2, 0) is 15.5 Å². The number of thiophene rings is 1. The summed E-state index contributed by atoms with van der Waals surface area (Å²) < 4.78 is 5.85. The monoisotopic (exact) mass is 464 g/mol. The Balaban J connectivity index is 2.36. The predicted molar refractivity (Wildman–Crippen MR) is 124 cm³/mol. The zero-order chi connectivity index (χ0) is 21.1. The van der Waals surface area contributed by atoms with Crippen molar-refractivity contribution in [1.29, 1.82) is 0 Å². The number of ketones is 1. The summed E-state index contributed by atoms with van der Waals surface area (Å²) in [5.74, 6) is 0.912. The fourth-order valence-corrected chi connectivity index (χ4v) is 5.67. The van der Waals surface area contributed by atoms with Gasteiger partial charge in [0.1, 0.15) is 12.4 Å². The highest BCUT2D eigenvalue weighted by atomic mass is 79.9. The third kappa shape index (κ3) is 4.71. The van der Waals surface area contributed by atoms with E-state index in [0.29, 0.717) is 0 Å². The molecule has 2 nitrogen and oxygen atoms in total. The van der Waals surface area contributed by atoms with E-state index in [1.807, 2.05) is 38.2 Å². The Morgan fingerprint density at radius 1 is 1.07 bits per heavy atom. The second kappa shape index (κ2) is 9.13. The summed E-state index contributed by atoms with van der Waals surface area (Å²) in [6.07, 6.45) is 2.10. The average molecular weight is 465 g/mol. The number of rotatable bonds is 8. The lowest BCUT2D eigenvalue weighted by Gasteiger charge is -2.32. The Bertz CT molecular complexity index is 826. The van der Waals surface area contributed by atoms with Crippen LogP contribution in [0, 0.1) is 19.3 Å². The van der Waals surface area contributed by atoms with Crippen molar-refractivity contribution in [2.24, 2.45) is 5.41 Å². The maximum Gasteiger partial charge on any atom is 0.175 e. The Kier molecular flexibility index (Phi) is 7.55. The molecule has 0 aliphatic heterocycles. The largest absolute Gasteiger partial charge is 0.486 e. The highest BCUT2D eigenvalue weighted by molar-refractivity contribution is 9.08. The van der Waals surface area contributed by atoms with E-state index in [-0.39, 0.29) is 23.2 Å². The molecule has 2 aromatic rings.